The van der Waals surface area contributed by atoms with Crippen LogP contribution in [0.25, 0.3) is 5.69 Å². The van der Waals surface area contributed by atoms with Crippen LogP contribution in [-0.2, 0) is 18.3 Å². The van der Waals surface area contributed by atoms with Gasteiger partial charge in [0.05, 0.1) is 17.1 Å². The highest BCUT2D eigenvalue weighted by atomic mass is 19.4. The van der Waals surface area contributed by atoms with Gasteiger partial charge in [0, 0.05) is 18.8 Å². The van der Waals surface area contributed by atoms with Gasteiger partial charge in [0.1, 0.15) is 17.1 Å². The minimum Gasteiger partial charge on any atom is -0.379 e. The predicted molar refractivity (Wildman–Crippen MR) is 140 cm³/mol. The van der Waals surface area contributed by atoms with Gasteiger partial charge in [0.25, 0.3) is 5.91 Å². The van der Waals surface area contributed by atoms with Crippen molar-refractivity contribution in [1.82, 2.24) is 14.8 Å². The van der Waals surface area contributed by atoms with E-state index in [1.165, 1.54) is 24.3 Å². The molecule has 0 bridgehead atoms. The van der Waals surface area contributed by atoms with Crippen molar-refractivity contribution < 1.29 is 27.5 Å². The smallest absolute Gasteiger partial charge is 0.379 e. The molecule has 0 unspecified atom stereocenters. The van der Waals surface area contributed by atoms with Crippen LogP contribution < -0.4 is 11.1 Å². The molecule has 0 saturated heterocycles. The van der Waals surface area contributed by atoms with Gasteiger partial charge in [-0.25, -0.2) is 9.07 Å². The Morgan fingerprint density at radius 1 is 1.05 bits per heavy atom. The number of hydrogen-bond donors (Lipinski definition) is 3. The van der Waals surface area contributed by atoms with Gasteiger partial charge < -0.3 is 16.2 Å². The largest absolute Gasteiger partial charge is 0.435 e. The number of rotatable bonds is 9. The van der Waals surface area contributed by atoms with Crippen LogP contribution in [-0.4, -0.2) is 25.8 Å². The van der Waals surface area contributed by atoms with Gasteiger partial charge in [-0.15, -0.1) is 0 Å². The summed E-state index contributed by atoms with van der Waals surface area (Å²) in [5.74, 6) is -1.35. The predicted octanol–water partition coefficient (Wildman–Crippen LogP) is 5.56. The number of pyridine rings is 1. The lowest BCUT2D eigenvalue weighted by molar-refractivity contribution is -0.141. The van der Waals surface area contributed by atoms with Crippen LogP contribution in [0.15, 0.2) is 72.9 Å². The fourth-order valence-corrected chi connectivity index (χ4v) is 4.61. The standard InChI is InChI=1S/C29H27F4N5O2/c30-22-10-9-20(28(40,12-11-18-7-8-18)25-6-1-2-13-35-25)15-23(22)36-27(39)24-16-26(29(31,32)33)37-38(24)21-5-3-4-19(14-21)17-34/h1-6,9-10,13-16,18,40H,7-8,11-12,17,34H2,(H,36,39)/t28-/m0/s1. The zero-order valence-corrected chi connectivity index (χ0v) is 21.3. The first-order valence-corrected chi connectivity index (χ1v) is 12.8. The number of carbonyl (C=O) groups excluding carboxylic acids is 1. The van der Waals surface area contributed by atoms with Crippen LogP contribution in [0.2, 0.25) is 0 Å². The summed E-state index contributed by atoms with van der Waals surface area (Å²) in [6.07, 6.45) is -0.0731. The zero-order chi connectivity index (χ0) is 28.5. The number of halogens is 4. The molecule has 1 fully saturated rings. The van der Waals surface area contributed by atoms with Crippen LogP contribution in [0.4, 0.5) is 23.2 Å². The summed E-state index contributed by atoms with van der Waals surface area (Å²) in [6, 6.07) is 15.8. The number of nitrogens with two attached hydrogens (primary N) is 1. The number of benzene rings is 2. The third kappa shape index (κ3) is 5.75. The summed E-state index contributed by atoms with van der Waals surface area (Å²) in [7, 11) is 0. The maximum Gasteiger partial charge on any atom is 0.435 e. The lowest BCUT2D eigenvalue weighted by atomic mass is 9.84. The average Bonchev–Trinajstić information content (AvgIpc) is 3.67. The molecule has 1 atom stereocenters. The fraction of sp³-hybridized carbons (Fsp3) is 0.276. The number of nitrogens with one attached hydrogen (secondary N) is 1. The highest BCUT2D eigenvalue weighted by Gasteiger charge is 2.38. The van der Waals surface area contributed by atoms with Gasteiger partial charge >= 0.3 is 6.18 Å². The van der Waals surface area contributed by atoms with Gasteiger partial charge in [0.2, 0.25) is 0 Å². The fourth-order valence-electron chi connectivity index (χ4n) is 4.61. The first-order valence-electron chi connectivity index (χ1n) is 12.8. The van der Waals surface area contributed by atoms with Crippen LogP contribution in [0.5, 0.6) is 0 Å². The van der Waals surface area contributed by atoms with E-state index < -0.39 is 34.9 Å². The lowest BCUT2D eigenvalue weighted by Gasteiger charge is -2.29. The van der Waals surface area contributed by atoms with Crippen molar-refractivity contribution in [2.45, 2.75) is 44.0 Å². The molecule has 4 N–H and O–H groups in total. The van der Waals surface area contributed by atoms with Crippen molar-refractivity contribution in [2.75, 3.05) is 5.32 Å². The van der Waals surface area contributed by atoms with Gasteiger partial charge in [-0.1, -0.05) is 37.1 Å². The molecule has 1 amide bonds. The molecule has 0 spiro atoms. The second kappa shape index (κ2) is 10.8. The maximum absolute atomic E-state index is 14.9. The number of aromatic nitrogens is 3. The van der Waals surface area contributed by atoms with E-state index in [1.807, 2.05) is 0 Å². The molecule has 2 heterocycles. The molecule has 40 heavy (non-hydrogen) atoms. The number of nitrogens with zero attached hydrogens (tertiary/aromatic N) is 3. The summed E-state index contributed by atoms with van der Waals surface area (Å²) >= 11 is 0. The molecule has 2 aromatic heterocycles. The number of carbonyl (C=O) groups is 1. The quantitative estimate of drug-likeness (QED) is 0.235. The number of anilines is 1. The van der Waals surface area contributed by atoms with E-state index in [0.29, 0.717) is 35.2 Å². The van der Waals surface area contributed by atoms with E-state index >= 15 is 0 Å². The van der Waals surface area contributed by atoms with Gasteiger partial charge in [0.15, 0.2) is 5.69 Å². The minimum absolute atomic E-state index is 0.126. The Morgan fingerprint density at radius 2 is 1.85 bits per heavy atom. The van der Waals surface area contributed by atoms with E-state index in [-0.39, 0.29) is 17.9 Å². The normalized spacial score (nSPS) is 15.1. The van der Waals surface area contributed by atoms with Crippen molar-refractivity contribution in [2.24, 2.45) is 11.7 Å². The number of amides is 1. The molecule has 2 aromatic carbocycles. The Morgan fingerprint density at radius 3 is 2.52 bits per heavy atom. The first-order chi connectivity index (χ1) is 19.1. The number of hydrogen-bond acceptors (Lipinski definition) is 5. The molecule has 4 aromatic rings. The number of alkyl halides is 3. The van der Waals surface area contributed by atoms with Gasteiger partial charge in [-0.05, 0) is 66.3 Å². The average molecular weight is 554 g/mol. The van der Waals surface area contributed by atoms with E-state index in [9.17, 15) is 27.5 Å². The first kappa shape index (κ1) is 27.5. The maximum atomic E-state index is 14.9. The van der Waals surface area contributed by atoms with Crippen molar-refractivity contribution in [3.8, 4) is 5.69 Å². The lowest BCUT2D eigenvalue weighted by Crippen LogP contribution is -2.29. The van der Waals surface area contributed by atoms with Crippen molar-refractivity contribution in [1.29, 1.82) is 0 Å². The van der Waals surface area contributed by atoms with Crippen LogP contribution >= 0.6 is 0 Å². The monoisotopic (exact) mass is 553 g/mol. The van der Waals surface area contributed by atoms with Gasteiger partial charge in [-0.2, -0.15) is 18.3 Å². The van der Waals surface area contributed by atoms with Crippen molar-refractivity contribution in [3.05, 3.63) is 107 Å². The minimum atomic E-state index is -4.82. The highest BCUT2D eigenvalue weighted by Crippen LogP contribution is 2.41. The summed E-state index contributed by atoms with van der Waals surface area (Å²) in [4.78, 5) is 17.6. The van der Waals surface area contributed by atoms with Crippen molar-refractivity contribution in [3.63, 3.8) is 0 Å². The number of aliphatic hydroxyl groups is 1. The highest BCUT2D eigenvalue weighted by molar-refractivity contribution is 6.03. The second-order valence-corrected chi connectivity index (χ2v) is 9.90. The Hall–Kier alpha value is -4.09. The van der Waals surface area contributed by atoms with E-state index in [1.54, 1.807) is 36.5 Å². The molecule has 1 aliphatic carbocycles. The van der Waals surface area contributed by atoms with E-state index in [2.05, 4.69) is 15.4 Å². The summed E-state index contributed by atoms with van der Waals surface area (Å²) in [5.41, 5.74) is 3.52. The summed E-state index contributed by atoms with van der Waals surface area (Å²) in [6.45, 7) is 0.126. The molecule has 0 aliphatic heterocycles. The molecule has 7 nitrogen and oxygen atoms in total. The molecular formula is C29H27F4N5O2. The zero-order valence-electron chi connectivity index (χ0n) is 21.3. The third-order valence-corrected chi connectivity index (χ3v) is 7.02. The molecule has 11 heteroatoms. The van der Waals surface area contributed by atoms with Crippen LogP contribution in [0.3, 0.4) is 0 Å². The molecule has 208 valence electrons. The topological polar surface area (TPSA) is 106 Å². The molecule has 1 saturated carbocycles. The van der Waals surface area contributed by atoms with Crippen LogP contribution in [0, 0.1) is 11.7 Å². The van der Waals surface area contributed by atoms with E-state index in [0.717, 1.165) is 30.0 Å². The Labute approximate surface area is 227 Å². The molecule has 0 radical (unpaired) electrons. The summed E-state index contributed by atoms with van der Waals surface area (Å²) in [5, 5.41) is 17.8. The SMILES string of the molecule is NCc1cccc(-n2nc(C(F)(F)F)cc2C(=O)Nc2cc([C@@](O)(CCC3CC3)c3ccccn3)ccc2F)c1. The Balaban J connectivity index is 1.51. The molecular weight excluding hydrogens is 526 g/mol. The Bertz CT molecular complexity index is 1520. The molecule has 5 rings (SSSR count). The third-order valence-electron chi connectivity index (χ3n) is 7.02. The summed E-state index contributed by atoms with van der Waals surface area (Å²) < 4.78 is 56.5. The van der Waals surface area contributed by atoms with E-state index in [4.69, 9.17) is 5.73 Å². The molecule has 1 aliphatic rings. The second-order valence-electron chi connectivity index (χ2n) is 9.90. The van der Waals surface area contributed by atoms with Gasteiger partial charge in [-0.3, -0.25) is 9.78 Å². The van der Waals surface area contributed by atoms with Crippen LogP contribution in [0.1, 0.15) is 58.7 Å². The Kier molecular flexibility index (Phi) is 7.43. The van der Waals surface area contributed by atoms with Crippen molar-refractivity contribution >= 4 is 11.6 Å².